The molecule has 1 rings (SSSR count). The van der Waals surface area contributed by atoms with Gasteiger partial charge in [-0.2, -0.15) is 0 Å². The summed E-state index contributed by atoms with van der Waals surface area (Å²) in [4.78, 5) is 10.4. The molecule has 1 aliphatic rings. The Morgan fingerprint density at radius 1 is 1.44 bits per heavy atom. The first-order valence-electron chi connectivity index (χ1n) is 5.83. The number of carboxylic acid groups (broad SMARTS) is 1. The molecule has 1 saturated carbocycles. The minimum atomic E-state index is -1.12. The average molecular weight is 236 g/mol. The fourth-order valence-corrected chi connectivity index (χ4v) is 2.85. The molecular weight excluding hydrogens is 215 g/mol. The molecule has 0 heterocycles. The number of carboxylic acids is 1. The Morgan fingerprint density at radius 2 is 2.06 bits per heavy atom. The number of aliphatic carboxylic acids is 1. The summed E-state index contributed by atoms with van der Waals surface area (Å²) < 4.78 is 5.43. The molecule has 3 atom stereocenters. The summed E-state index contributed by atoms with van der Waals surface area (Å²) in [6.45, 7) is 6.34. The molecule has 0 bridgehead atoms. The maximum absolute atomic E-state index is 10.4. The van der Waals surface area contributed by atoms with Gasteiger partial charge in [0, 0.05) is 0 Å². The Bertz CT molecular complexity index is 218. The van der Waals surface area contributed by atoms with E-state index in [-0.39, 0.29) is 42.3 Å². The fraction of sp³-hybridized carbons (Fsp3) is 0.917. The second-order valence-corrected chi connectivity index (χ2v) is 4.95. The summed E-state index contributed by atoms with van der Waals surface area (Å²) in [5, 5.41) is 10.4. The molecule has 0 aliphatic heterocycles. The van der Waals surface area contributed by atoms with Crippen LogP contribution in [0.2, 0.25) is 0 Å². The van der Waals surface area contributed by atoms with Crippen LogP contribution in [-0.2, 0) is 9.53 Å². The van der Waals surface area contributed by atoms with Gasteiger partial charge in [0.25, 0.3) is 0 Å². The molecule has 16 heavy (non-hydrogen) atoms. The van der Waals surface area contributed by atoms with Crippen LogP contribution in [-0.4, -0.2) is 18.7 Å². The molecule has 0 saturated heterocycles. The molecule has 0 radical (unpaired) electrons. The van der Waals surface area contributed by atoms with Crippen molar-refractivity contribution in [1.82, 2.24) is 0 Å². The molecule has 4 heteroatoms. The van der Waals surface area contributed by atoms with E-state index in [0.717, 1.165) is 12.8 Å². The Kier molecular flexibility index (Phi) is 7.90. The van der Waals surface area contributed by atoms with Crippen molar-refractivity contribution in [2.75, 3.05) is 6.61 Å². The monoisotopic (exact) mass is 236 g/mol. The summed E-state index contributed by atoms with van der Waals surface area (Å²) in [7, 11) is 0. The quantitative estimate of drug-likeness (QED) is 0.542. The van der Waals surface area contributed by atoms with Gasteiger partial charge in [0.05, 0.1) is 18.7 Å². The van der Waals surface area contributed by atoms with E-state index in [4.69, 9.17) is 4.74 Å². The molecule has 0 spiro atoms. The third kappa shape index (κ3) is 4.74. The van der Waals surface area contributed by atoms with Crippen molar-refractivity contribution < 1.29 is 44.2 Å². The Balaban J connectivity index is 0.00000225. The number of hydrogen-bond acceptors (Lipinski definition) is 3. The molecule has 3 unspecified atom stereocenters. The van der Waals surface area contributed by atoms with Crippen LogP contribution in [0.1, 0.15) is 40.0 Å². The second-order valence-electron chi connectivity index (χ2n) is 4.95. The van der Waals surface area contributed by atoms with Gasteiger partial charge in [-0.1, -0.05) is 33.6 Å². The third-order valence-corrected chi connectivity index (χ3v) is 3.42. The van der Waals surface area contributed by atoms with Crippen molar-refractivity contribution in [1.29, 1.82) is 0 Å². The van der Waals surface area contributed by atoms with Gasteiger partial charge in [-0.15, -0.1) is 0 Å². The normalized spacial score (nSPS) is 29.9. The molecule has 3 nitrogen and oxygen atoms in total. The van der Waals surface area contributed by atoms with Gasteiger partial charge in [-0.25, -0.2) is 0 Å². The summed E-state index contributed by atoms with van der Waals surface area (Å²) in [5.41, 5.74) is 0. The van der Waals surface area contributed by atoms with E-state index < -0.39 is 5.97 Å². The molecule has 1 aliphatic carbocycles. The van der Waals surface area contributed by atoms with Crippen LogP contribution in [0.3, 0.4) is 0 Å². The second kappa shape index (κ2) is 7.70. The zero-order chi connectivity index (χ0) is 11.4. The maximum atomic E-state index is 10.4. The SMILES string of the molecule is CC(C)C1C(C)CCCC1OCC(=O)[O-].[Na+]. The largest absolute Gasteiger partial charge is 1.00 e. The third-order valence-electron chi connectivity index (χ3n) is 3.42. The van der Waals surface area contributed by atoms with Crippen molar-refractivity contribution in [3.63, 3.8) is 0 Å². The van der Waals surface area contributed by atoms with Crippen LogP contribution >= 0.6 is 0 Å². The van der Waals surface area contributed by atoms with Gasteiger partial charge in [-0.3, -0.25) is 0 Å². The van der Waals surface area contributed by atoms with Gasteiger partial charge >= 0.3 is 29.6 Å². The molecule has 0 N–H and O–H groups in total. The van der Waals surface area contributed by atoms with Crippen LogP contribution < -0.4 is 34.7 Å². The van der Waals surface area contributed by atoms with E-state index >= 15 is 0 Å². The van der Waals surface area contributed by atoms with Crippen LogP contribution in [0.15, 0.2) is 0 Å². The summed E-state index contributed by atoms with van der Waals surface area (Å²) in [5.74, 6) is 0.548. The van der Waals surface area contributed by atoms with E-state index in [1.807, 2.05) is 0 Å². The van der Waals surface area contributed by atoms with Crippen LogP contribution in [0.5, 0.6) is 0 Å². The van der Waals surface area contributed by atoms with E-state index in [1.54, 1.807) is 0 Å². The van der Waals surface area contributed by atoms with Gasteiger partial charge in [0.1, 0.15) is 0 Å². The van der Waals surface area contributed by atoms with Crippen molar-refractivity contribution in [2.45, 2.75) is 46.1 Å². The minimum Gasteiger partial charge on any atom is -0.548 e. The standard InChI is InChI=1S/C12H22O3.Na/c1-8(2)12-9(3)5-4-6-10(12)15-7-11(13)14;/h8-10,12H,4-7H2,1-3H3,(H,13,14);/q;+1/p-1. The van der Waals surface area contributed by atoms with Gasteiger partial charge in [0.2, 0.25) is 0 Å². The van der Waals surface area contributed by atoms with Crippen molar-refractivity contribution in [3.05, 3.63) is 0 Å². The van der Waals surface area contributed by atoms with Crippen molar-refractivity contribution in [3.8, 4) is 0 Å². The van der Waals surface area contributed by atoms with Gasteiger partial charge < -0.3 is 14.6 Å². The Hall–Kier alpha value is 0.430. The first-order chi connectivity index (χ1) is 7.02. The number of rotatable bonds is 4. The number of carbonyl (C=O) groups is 1. The molecule has 0 amide bonds. The summed E-state index contributed by atoms with van der Waals surface area (Å²) >= 11 is 0. The Morgan fingerprint density at radius 3 is 2.56 bits per heavy atom. The molecule has 0 aromatic rings. The number of ether oxygens (including phenoxy) is 1. The molecular formula is C12H21NaO3. The van der Waals surface area contributed by atoms with Crippen LogP contribution in [0.25, 0.3) is 0 Å². The Labute approximate surface area is 120 Å². The van der Waals surface area contributed by atoms with Crippen LogP contribution in [0.4, 0.5) is 0 Å². The van der Waals surface area contributed by atoms with E-state index in [1.165, 1.54) is 6.42 Å². The minimum absolute atomic E-state index is 0. The van der Waals surface area contributed by atoms with E-state index in [9.17, 15) is 9.90 Å². The molecule has 0 aromatic heterocycles. The number of carbonyl (C=O) groups excluding carboxylic acids is 1. The van der Waals surface area contributed by atoms with Gasteiger partial charge in [-0.05, 0) is 24.2 Å². The summed E-state index contributed by atoms with van der Waals surface area (Å²) in [6, 6.07) is 0. The smallest absolute Gasteiger partial charge is 0.548 e. The van der Waals surface area contributed by atoms with Crippen molar-refractivity contribution in [2.24, 2.45) is 17.8 Å². The summed E-state index contributed by atoms with van der Waals surface area (Å²) in [6.07, 6.45) is 3.46. The molecule has 1 fully saturated rings. The maximum Gasteiger partial charge on any atom is 1.00 e. The first kappa shape index (κ1) is 16.4. The first-order valence-corrected chi connectivity index (χ1v) is 5.83. The number of hydrogen-bond donors (Lipinski definition) is 0. The van der Waals surface area contributed by atoms with Crippen molar-refractivity contribution >= 4 is 5.97 Å². The van der Waals surface area contributed by atoms with E-state index in [2.05, 4.69) is 20.8 Å². The van der Waals surface area contributed by atoms with Crippen LogP contribution in [0, 0.1) is 17.8 Å². The predicted octanol–water partition coefficient (Wildman–Crippen LogP) is -1.78. The average Bonchev–Trinajstić information content (AvgIpc) is 2.13. The fourth-order valence-electron chi connectivity index (χ4n) is 2.85. The zero-order valence-corrected chi connectivity index (χ0v) is 12.9. The molecule has 88 valence electrons. The predicted molar refractivity (Wildman–Crippen MR) is 56.1 cm³/mol. The zero-order valence-electron chi connectivity index (χ0n) is 10.9. The molecule has 0 aromatic carbocycles. The topological polar surface area (TPSA) is 49.4 Å². The van der Waals surface area contributed by atoms with E-state index in [0.29, 0.717) is 17.8 Å². The van der Waals surface area contributed by atoms with Gasteiger partial charge in [0.15, 0.2) is 0 Å².